The van der Waals surface area contributed by atoms with Crippen LogP contribution in [0.1, 0.15) is 18.4 Å². The van der Waals surface area contributed by atoms with Crippen molar-refractivity contribution in [2.75, 3.05) is 30.3 Å². The molecule has 16 heavy (non-hydrogen) atoms. The number of nitrogens with zero attached hydrogens (tertiary/aromatic N) is 3. The van der Waals surface area contributed by atoms with Crippen LogP contribution in [-0.2, 0) is 0 Å². The monoisotopic (exact) mass is 222 g/mol. The maximum Gasteiger partial charge on any atom is 0.221 e. The first-order valence-corrected chi connectivity index (χ1v) is 5.65. The van der Waals surface area contributed by atoms with E-state index in [1.165, 1.54) is 0 Å². The average Bonchev–Trinajstić information content (AvgIpc) is 2.32. The lowest BCUT2D eigenvalue weighted by Gasteiger charge is -2.32. The van der Waals surface area contributed by atoms with E-state index in [4.69, 9.17) is 10.8 Å². The van der Waals surface area contributed by atoms with Gasteiger partial charge in [0.25, 0.3) is 0 Å². The minimum Gasteiger partial charge on any atom is -0.396 e. The van der Waals surface area contributed by atoms with Crippen LogP contribution >= 0.6 is 0 Å². The molecule has 1 aromatic heterocycles. The van der Waals surface area contributed by atoms with E-state index in [1.807, 2.05) is 6.92 Å². The molecule has 1 fully saturated rings. The van der Waals surface area contributed by atoms with Crippen LogP contribution in [0.2, 0.25) is 0 Å². The Hall–Kier alpha value is -1.36. The zero-order valence-corrected chi connectivity index (χ0v) is 9.56. The molecule has 1 aliphatic rings. The van der Waals surface area contributed by atoms with E-state index in [0.717, 1.165) is 37.3 Å². The maximum absolute atomic E-state index is 9.08. The molecule has 0 aromatic carbocycles. The lowest BCUT2D eigenvalue weighted by atomic mass is 9.98. The summed E-state index contributed by atoms with van der Waals surface area (Å²) in [5.41, 5.74) is 6.65. The van der Waals surface area contributed by atoms with Crippen LogP contribution in [0.5, 0.6) is 0 Å². The largest absolute Gasteiger partial charge is 0.396 e. The van der Waals surface area contributed by atoms with E-state index in [9.17, 15) is 0 Å². The van der Waals surface area contributed by atoms with Crippen LogP contribution in [-0.4, -0.2) is 34.8 Å². The second-order valence-corrected chi connectivity index (χ2v) is 4.35. The van der Waals surface area contributed by atoms with Gasteiger partial charge in [-0.15, -0.1) is 0 Å². The van der Waals surface area contributed by atoms with E-state index in [2.05, 4.69) is 14.9 Å². The van der Waals surface area contributed by atoms with Crippen LogP contribution in [0, 0.1) is 12.8 Å². The zero-order valence-electron chi connectivity index (χ0n) is 9.56. The van der Waals surface area contributed by atoms with Crippen molar-refractivity contribution in [3.63, 3.8) is 0 Å². The first-order valence-electron chi connectivity index (χ1n) is 5.65. The van der Waals surface area contributed by atoms with Crippen molar-refractivity contribution in [3.8, 4) is 0 Å². The molecule has 5 heteroatoms. The van der Waals surface area contributed by atoms with Crippen LogP contribution in [0.25, 0.3) is 0 Å². The number of nitrogen functional groups attached to an aromatic ring is 1. The number of aliphatic hydroxyl groups is 1. The first kappa shape index (κ1) is 11.1. The normalized spacial score (nSPS) is 17.8. The summed E-state index contributed by atoms with van der Waals surface area (Å²) in [6.45, 7) is 4.15. The van der Waals surface area contributed by atoms with Gasteiger partial charge in [-0.3, -0.25) is 0 Å². The van der Waals surface area contributed by atoms with Crippen molar-refractivity contribution in [1.82, 2.24) is 9.97 Å². The van der Waals surface area contributed by atoms with E-state index < -0.39 is 0 Å². The maximum atomic E-state index is 9.08. The number of hydrogen-bond acceptors (Lipinski definition) is 5. The number of anilines is 2. The Morgan fingerprint density at radius 2 is 2.19 bits per heavy atom. The lowest BCUT2D eigenvalue weighted by molar-refractivity contribution is 0.202. The highest BCUT2D eigenvalue weighted by Gasteiger charge is 2.20. The van der Waals surface area contributed by atoms with E-state index in [0.29, 0.717) is 18.5 Å². The third-order valence-corrected chi connectivity index (χ3v) is 3.14. The quantitative estimate of drug-likeness (QED) is 0.765. The summed E-state index contributed by atoms with van der Waals surface area (Å²) in [7, 11) is 0. The van der Waals surface area contributed by atoms with Gasteiger partial charge in [-0.2, -0.15) is 4.98 Å². The van der Waals surface area contributed by atoms with Gasteiger partial charge >= 0.3 is 0 Å². The summed E-state index contributed by atoms with van der Waals surface area (Å²) < 4.78 is 0. The lowest BCUT2D eigenvalue weighted by Crippen LogP contribution is -2.35. The van der Waals surface area contributed by atoms with Crippen molar-refractivity contribution in [2.45, 2.75) is 19.8 Å². The molecule has 0 radical (unpaired) electrons. The summed E-state index contributed by atoms with van der Waals surface area (Å²) in [6, 6.07) is 0. The number of rotatable bonds is 2. The topological polar surface area (TPSA) is 75.3 Å². The summed E-state index contributed by atoms with van der Waals surface area (Å²) in [5.74, 6) is 1.70. The number of aliphatic hydroxyl groups excluding tert-OH is 1. The Balaban J connectivity index is 2.10. The molecule has 0 bridgehead atoms. The highest BCUT2D eigenvalue weighted by Crippen LogP contribution is 2.24. The predicted octanol–water partition coefficient (Wildman–Crippen LogP) is 0.576. The molecule has 0 amide bonds. The zero-order chi connectivity index (χ0) is 11.5. The Morgan fingerprint density at radius 3 is 2.81 bits per heavy atom. The van der Waals surface area contributed by atoms with Crippen molar-refractivity contribution in [2.24, 2.45) is 5.92 Å². The molecule has 0 unspecified atom stereocenters. The average molecular weight is 222 g/mol. The highest BCUT2D eigenvalue weighted by molar-refractivity contribution is 5.48. The van der Waals surface area contributed by atoms with Gasteiger partial charge in [-0.1, -0.05) is 0 Å². The first-order chi connectivity index (χ1) is 7.70. The summed E-state index contributed by atoms with van der Waals surface area (Å²) in [5, 5.41) is 9.08. The van der Waals surface area contributed by atoms with Crippen molar-refractivity contribution in [3.05, 3.63) is 11.8 Å². The Bertz CT molecular complexity index is 361. The highest BCUT2D eigenvalue weighted by atomic mass is 16.3. The fourth-order valence-electron chi connectivity index (χ4n) is 2.09. The molecule has 0 saturated carbocycles. The summed E-state index contributed by atoms with van der Waals surface area (Å²) in [6.07, 6.45) is 3.79. The molecule has 2 heterocycles. The fourth-order valence-corrected chi connectivity index (χ4v) is 2.09. The van der Waals surface area contributed by atoms with Crippen LogP contribution < -0.4 is 10.6 Å². The third-order valence-electron chi connectivity index (χ3n) is 3.14. The molecule has 0 atom stereocenters. The molecular formula is C11H18N4O. The molecule has 1 aromatic rings. The summed E-state index contributed by atoms with van der Waals surface area (Å²) >= 11 is 0. The minimum atomic E-state index is 0.290. The predicted molar refractivity (Wildman–Crippen MR) is 63.2 cm³/mol. The van der Waals surface area contributed by atoms with Gasteiger partial charge in [-0.05, 0) is 25.7 Å². The second kappa shape index (κ2) is 4.65. The molecule has 1 aliphatic heterocycles. The minimum absolute atomic E-state index is 0.290. The molecular weight excluding hydrogens is 204 g/mol. The Morgan fingerprint density at radius 1 is 1.50 bits per heavy atom. The smallest absolute Gasteiger partial charge is 0.221 e. The number of aromatic nitrogens is 2. The van der Waals surface area contributed by atoms with E-state index in [-0.39, 0.29) is 0 Å². The van der Waals surface area contributed by atoms with Gasteiger partial charge in [0.2, 0.25) is 5.95 Å². The number of hydrogen-bond donors (Lipinski definition) is 2. The molecule has 3 N–H and O–H groups in total. The van der Waals surface area contributed by atoms with Crippen molar-refractivity contribution >= 4 is 11.8 Å². The molecule has 5 nitrogen and oxygen atoms in total. The SMILES string of the molecule is Cc1cnc(N)nc1N1CCC(CO)CC1. The van der Waals surface area contributed by atoms with Crippen LogP contribution in [0.4, 0.5) is 11.8 Å². The van der Waals surface area contributed by atoms with Gasteiger partial charge < -0.3 is 15.7 Å². The van der Waals surface area contributed by atoms with Gasteiger partial charge in [0, 0.05) is 31.5 Å². The fraction of sp³-hybridized carbons (Fsp3) is 0.636. The van der Waals surface area contributed by atoms with Gasteiger partial charge in [0.05, 0.1) is 0 Å². The van der Waals surface area contributed by atoms with E-state index >= 15 is 0 Å². The number of piperidine rings is 1. The number of nitrogens with two attached hydrogens (primary N) is 1. The van der Waals surface area contributed by atoms with Crippen molar-refractivity contribution < 1.29 is 5.11 Å². The molecule has 0 aliphatic carbocycles. The summed E-state index contributed by atoms with van der Waals surface area (Å²) in [4.78, 5) is 10.5. The molecule has 2 rings (SSSR count). The molecule has 1 saturated heterocycles. The van der Waals surface area contributed by atoms with E-state index in [1.54, 1.807) is 6.20 Å². The van der Waals surface area contributed by atoms with Gasteiger partial charge in [0.1, 0.15) is 5.82 Å². The standard InChI is InChI=1S/C11H18N4O/c1-8-6-13-11(12)14-10(8)15-4-2-9(7-16)3-5-15/h6,9,16H,2-5,7H2,1H3,(H2,12,13,14). The molecule has 88 valence electrons. The second-order valence-electron chi connectivity index (χ2n) is 4.35. The van der Waals surface area contributed by atoms with Gasteiger partial charge in [0.15, 0.2) is 0 Å². The Labute approximate surface area is 95.3 Å². The third kappa shape index (κ3) is 2.24. The van der Waals surface area contributed by atoms with Crippen LogP contribution in [0.15, 0.2) is 6.20 Å². The van der Waals surface area contributed by atoms with Crippen molar-refractivity contribution in [1.29, 1.82) is 0 Å². The van der Waals surface area contributed by atoms with Crippen LogP contribution in [0.3, 0.4) is 0 Å². The van der Waals surface area contributed by atoms with Gasteiger partial charge in [-0.25, -0.2) is 4.98 Å². The Kier molecular flexibility index (Phi) is 3.24. The number of aryl methyl sites for hydroxylation is 1. The molecule has 0 spiro atoms.